The number of ether oxygens (including phenoxy) is 2. The number of methoxy groups -OCH3 is 1. The first-order chi connectivity index (χ1) is 10.4. The van der Waals surface area contributed by atoms with Crippen molar-refractivity contribution in [1.82, 2.24) is 0 Å². The minimum Gasteiger partial charge on any atom is -0.466 e. The van der Waals surface area contributed by atoms with Gasteiger partial charge in [-0.1, -0.05) is 20.8 Å². The summed E-state index contributed by atoms with van der Waals surface area (Å²) in [6.07, 6.45) is -0.875. The van der Waals surface area contributed by atoms with Gasteiger partial charge in [0, 0.05) is 18.9 Å². The van der Waals surface area contributed by atoms with E-state index in [1.165, 1.54) is 20.1 Å². The third-order valence-corrected chi connectivity index (χ3v) is 9.00. The smallest absolute Gasteiger partial charge is 0.333 e. The van der Waals surface area contributed by atoms with Gasteiger partial charge in [-0.3, -0.25) is 4.79 Å². The van der Waals surface area contributed by atoms with Crippen LogP contribution < -0.4 is 0 Å². The zero-order chi connectivity index (χ0) is 18.0. The van der Waals surface area contributed by atoms with Crippen LogP contribution in [0.3, 0.4) is 0 Å². The Labute approximate surface area is 138 Å². The van der Waals surface area contributed by atoms with E-state index in [0.717, 1.165) is 0 Å². The fourth-order valence-electron chi connectivity index (χ4n) is 2.21. The summed E-state index contributed by atoms with van der Waals surface area (Å²) in [5.41, 5.74) is 0.340. The van der Waals surface area contributed by atoms with Crippen LogP contribution in [0.1, 0.15) is 34.1 Å². The highest BCUT2D eigenvalue weighted by Gasteiger charge is 2.45. The van der Waals surface area contributed by atoms with E-state index in [4.69, 9.17) is 13.9 Å². The highest BCUT2D eigenvalue weighted by molar-refractivity contribution is 6.74. The van der Waals surface area contributed by atoms with Crippen molar-refractivity contribution in [2.45, 2.75) is 70.6 Å². The lowest BCUT2D eigenvalue weighted by Crippen LogP contribution is -2.52. The molecule has 0 heterocycles. The van der Waals surface area contributed by atoms with Gasteiger partial charge in [-0.2, -0.15) is 0 Å². The summed E-state index contributed by atoms with van der Waals surface area (Å²) in [6.45, 7) is 11.7. The highest BCUT2D eigenvalue weighted by atomic mass is 28.4. The Bertz CT molecular complexity index is 491. The molecule has 1 aliphatic rings. The fourth-order valence-corrected chi connectivity index (χ4v) is 3.53. The standard InChI is InChI=1S/C16H28O6Si/c1-10(17)21-14-12(18)8-11(15(19)20-5)9-13(14)22-23(6,7)16(2,3)4/h8,12-14,18H,9H2,1-7H3/t12-,13+,14+/m1/s1. The molecule has 0 aromatic carbocycles. The Morgan fingerprint density at radius 1 is 1.30 bits per heavy atom. The molecule has 0 bridgehead atoms. The lowest BCUT2D eigenvalue weighted by molar-refractivity contribution is -0.159. The fraction of sp³-hybridized carbons (Fsp3) is 0.750. The Morgan fingerprint density at radius 3 is 2.30 bits per heavy atom. The van der Waals surface area contributed by atoms with Crippen LogP contribution in [0.15, 0.2) is 11.6 Å². The lowest BCUT2D eigenvalue weighted by atomic mass is 9.92. The Balaban J connectivity index is 3.10. The van der Waals surface area contributed by atoms with Gasteiger partial charge in [-0.05, 0) is 24.2 Å². The largest absolute Gasteiger partial charge is 0.466 e. The van der Waals surface area contributed by atoms with E-state index in [1.807, 2.05) is 0 Å². The summed E-state index contributed by atoms with van der Waals surface area (Å²) < 4.78 is 16.3. The molecule has 0 saturated carbocycles. The summed E-state index contributed by atoms with van der Waals surface area (Å²) in [6, 6.07) is 0. The van der Waals surface area contributed by atoms with Gasteiger partial charge < -0.3 is 19.0 Å². The third kappa shape index (κ3) is 4.89. The van der Waals surface area contributed by atoms with Gasteiger partial charge in [0.25, 0.3) is 0 Å². The molecule has 0 fully saturated rings. The van der Waals surface area contributed by atoms with E-state index in [-0.39, 0.29) is 11.5 Å². The van der Waals surface area contributed by atoms with Crippen LogP contribution in [0.2, 0.25) is 18.1 Å². The molecule has 0 aromatic heterocycles. The number of rotatable bonds is 4. The predicted octanol–water partition coefficient (Wildman–Crippen LogP) is 2.17. The molecule has 0 aliphatic heterocycles. The molecule has 6 nitrogen and oxygen atoms in total. The Hall–Kier alpha value is -1.18. The second kappa shape index (κ2) is 7.15. The molecule has 23 heavy (non-hydrogen) atoms. The maximum atomic E-state index is 11.8. The van der Waals surface area contributed by atoms with Crippen LogP contribution in [0.5, 0.6) is 0 Å². The second-order valence-corrected chi connectivity index (χ2v) is 12.1. The van der Waals surface area contributed by atoms with Gasteiger partial charge in [0.1, 0.15) is 6.10 Å². The Morgan fingerprint density at radius 2 is 1.87 bits per heavy atom. The molecular formula is C16H28O6Si. The average Bonchev–Trinajstić information content (AvgIpc) is 2.39. The van der Waals surface area contributed by atoms with Gasteiger partial charge in [0.05, 0.1) is 13.2 Å². The van der Waals surface area contributed by atoms with E-state index < -0.39 is 38.6 Å². The SMILES string of the molecule is COC(=O)C1=C[C@@H](O)[C@H](OC(C)=O)[C@@H](O[Si](C)(C)C(C)(C)C)C1. The molecule has 0 saturated heterocycles. The zero-order valence-electron chi connectivity index (χ0n) is 15.0. The van der Waals surface area contributed by atoms with Crippen LogP contribution >= 0.6 is 0 Å². The van der Waals surface area contributed by atoms with Crippen LogP contribution in [-0.2, 0) is 23.5 Å². The van der Waals surface area contributed by atoms with Crippen molar-refractivity contribution in [1.29, 1.82) is 0 Å². The molecular weight excluding hydrogens is 316 g/mol. The number of esters is 2. The summed E-state index contributed by atoms with van der Waals surface area (Å²) in [5, 5.41) is 10.2. The van der Waals surface area contributed by atoms with Crippen molar-refractivity contribution >= 4 is 20.3 Å². The van der Waals surface area contributed by atoms with Gasteiger partial charge >= 0.3 is 11.9 Å². The van der Waals surface area contributed by atoms with Crippen molar-refractivity contribution in [3.05, 3.63) is 11.6 Å². The van der Waals surface area contributed by atoms with Crippen molar-refractivity contribution in [3.8, 4) is 0 Å². The normalized spacial score (nSPS) is 25.6. The minimum atomic E-state index is -2.17. The molecule has 0 spiro atoms. The summed E-state index contributed by atoms with van der Waals surface area (Å²) >= 11 is 0. The molecule has 0 radical (unpaired) electrons. The molecule has 132 valence electrons. The molecule has 7 heteroatoms. The van der Waals surface area contributed by atoms with Gasteiger partial charge in [0.15, 0.2) is 14.4 Å². The number of carbonyl (C=O) groups is 2. The molecule has 0 unspecified atom stereocenters. The number of aliphatic hydroxyl groups is 1. The van der Waals surface area contributed by atoms with Crippen LogP contribution in [0.4, 0.5) is 0 Å². The molecule has 0 amide bonds. The first-order valence-electron chi connectivity index (χ1n) is 7.71. The van der Waals surface area contributed by atoms with Crippen molar-refractivity contribution < 1.29 is 28.6 Å². The zero-order valence-corrected chi connectivity index (χ0v) is 16.0. The monoisotopic (exact) mass is 344 g/mol. The number of hydrogen-bond acceptors (Lipinski definition) is 6. The van der Waals surface area contributed by atoms with Crippen molar-refractivity contribution in [2.75, 3.05) is 7.11 Å². The minimum absolute atomic E-state index is 0.0503. The molecule has 1 aliphatic carbocycles. The summed E-state index contributed by atoms with van der Waals surface area (Å²) in [5.74, 6) is -0.998. The maximum Gasteiger partial charge on any atom is 0.333 e. The van der Waals surface area contributed by atoms with E-state index in [2.05, 4.69) is 33.9 Å². The first kappa shape index (κ1) is 19.9. The van der Waals surface area contributed by atoms with Crippen LogP contribution in [0.25, 0.3) is 0 Å². The van der Waals surface area contributed by atoms with E-state index in [0.29, 0.717) is 5.57 Å². The number of hydrogen-bond donors (Lipinski definition) is 1. The van der Waals surface area contributed by atoms with Gasteiger partial charge in [-0.15, -0.1) is 0 Å². The number of aliphatic hydroxyl groups excluding tert-OH is 1. The topological polar surface area (TPSA) is 82.1 Å². The molecule has 1 rings (SSSR count). The van der Waals surface area contributed by atoms with E-state index in [9.17, 15) is 14.7 Å². The predicted molar refractivity (Wildman–Crippen MR) is 88.3 cm³/mol. The van der Waals surface area contributed by atoms with Crippen LogP contribution in [-0.4, -0.2) is 50.8 Å². The van der Waals surface area contributed by atoms with Gasteiger partial charge in [-0.25, -0.2) is 4.79 Å². The first-order valence-corrected chi connectivity index (χ1v) is 10.6. The van der Waals surface area contributed by atoms with Gasteiger partial charge in [0.2, 0.25) is 0 Å². The van der Waals surface area contributed by atoms with Crippen molar-refractivity contribution in [2.24, 2.45) is 0 Å². The summed E-state index contributed by atoms with van der Waals surface area (Å²) in [7, 11) is -0.882. The van der Waals surface area contributed by atoms with Crippen LogP contribution in [0, 0.1) is 0 Å². The molecule has 1 N–H and O–H groups in total. The van der Waals surface area contributed by atoms with Crippen molar-refractivity contribution in [3.63, 3.8) is 0 Å². The number of carbonyl (C=O) groups excluding carboxylic acids is 2. The highest BCUT2D eigenvalue weighted by Crippen LogP contribution is 2.39. The summed E-state index contributed by atoms with van der Waals surface area (Å²) in [4.78, 5) is 23.1. The lowest BCUT2D eigenvalue weighted by Gasteiger charge is -2.43. The van der Waals surface area contributed by atoms with E-state index in [1.54, 1.807) is 0 Å². The third-order valence-electron chi connectivity index (χ3n) is 4.50. The Kier molecular flexibility index (Phi) is 6.17. The molecule has 3 atom stereocenters. The van der Waals surface area contributed by atoms with E-state index >= 15 is 0 Å². The quantitative estimate of drug-likeness (QED) is 0.622. The molecule has 0 aromatic rings. The average molecular weight is 344 g/mol. The second-order valence-electron chi connectivity index (χ2n) is 7.37. The maximum absolute atomic E-state index is 11.8.